The van der Waals surface area contributed by atoms with Crippen LogP contribution in [0.5, 0.6) is 0 Å². The number of hydrogen-bond acceptors (Lipinski definition) is 4. The van der Waals surface area contributed by atoms with Gasteiger partial charge in [-0.25, -0.2) is 12.7 Å². The van der Waals surface area contributed by atoms with Crippen molar-refractivity contribution in [3.63, 3.8) is 0 Å². The highest BCUT2D eigenvalue weighted by molar-refractivity contribution is 7.94. The van der Waals surface area contributed by atoms with E-state index < -0.39 is 10.0 Å². The van der Waals surface area contributed by atoms with Crippen molar-refractivity contribution in [1.82, 2.24) is 4.98 Å². The van der Waals surface area contributed by atoms with Gasteiger partial charge < -0.3 is 4.98 Å². The van der Waals surface area contributed by atoms with Gasteiger partial charge in [-0.15, -0.1) is 11.3 Å². The summed E-state index contributed by atoms with van der Waals surface area (Å²) in [5.41, 5.74) is 1.18. The van der Waals surface area contributed by atoms with Gasteiger partial charge in [0.1, 0.15) is 10.8 Å². The van der Waals surface area contributed by atoms with Crippen LogP contribution in [0.3, 0.4) is 0 Å². The van der Waals surface area contributed by atoms with E-state index in [1.807, 2.05) is 18.2 Å². The molecule has 0 amide bonds. The van der Waals surface area contributed by atoms with Crippen molar-refractivity contribution in [3.8, 4) is 6.07 Å². The van der Waals surface area contributed by atoms with E-state index in [9.17, 15) is 8.42 Å². The number of hydrogen-bond donors (Lipinski definition) is 1. The van der Waals surface area contributed by atoms with Gasteiger partial charge >= 0.3 is 0 Å². The summed E-state index contributed by atoms with van der Waals surface area (Å²) in [6, 6.07) is 12.4. The first kappa shape index (κ1) is 13.7. The Balaban J connectivity index is 2.20. The van der Waals surface area contributed by atoms with Gasteiger partial charge in [0.25, 0.3) is 10.0 Å². The molecule has 0 fully saturated rings. The molecule has 2 aromatic heterocycles. The van der Waals surface area contributed by atoms with Crippen LogP contribution in [-0.4, -0.2) is 19.9 Å². The van der Waals surface area contributed by atoms with Crippen LogP contribution in [-0.2, 0) is 10.0 Å². The summed E-state index contributed by atoms with van der Waals surface area (Å²) in [6.45, 7) is -0.238. The minimum Gasteiger partial charge on any atom is -0.359 e. The van der Waals surface area contributed by atoms with Crippen LogP contribution in [0.15, 0.2) is 52.2 Å². The fraction of sp³-hybridized carbons (Fsp3) is 0.0714. The topological polar surface area (TPSA) is 77.0 Å². The molecule has 0 spiro atoms. The van der Waals surface area contributed by atoms with Crippen molar-refractivity contribution >= 4 is 38.0 Å². The third kappa shape index (κ3) is 2.28. The highest BCUT2D eigenvalue weighted by atomic mass is 32.2. The normalized spacial score (nSPS) is 11.4. The minimum atomic E-state index is -3.73. The lowest BCUT2D eigenvalue weighted by atomic mass is 10.2. The molecule has 1 aromatic carbocycles. The van der Waals surface area contributed by atoms with E-state index in [0.29, 0.717) is 11.2 Å². The molecular formula is C14H11N3O2S2. The van der Waals surface area contributed by atoms with E-state index in [-0.39, 0.29) is 10.8 Å². The maximum atomic E-state index is 12.7. The van der Waals surface area contributed by atoms with Gasteiger partial charge in [-0.1, -0.05) is 18.2 Å². The number of thiophene rings is 1. The lowest BCUT2D eigenvalue weighted by Crippen LogP contribution is -2.31. The zero-order valence-corrected chi connectivity index (χ0v) is 12.5. The number of aromatic amines is 1. The van der Waals surface area contributed by atoms with Crippen LogP contribution in [0.2, 0.25) is 0 Å². The van der Waals surface area contributed by atoms with Crippen LogP contribution in [0.1, 0.15) is 0 Å². The van der Waals surface area contributed by atoms with Gasteiger partial charge in [0.05, 0.1) is 17.3 Å². The second kappa shape index (κ2) is 5.24. The highest BCUT2D eigenvalue weighted by Crippen LogP contribution is 2.31. The summed E-state index contributed by atoms with van der Waals surface area (Å²) in [7, 11) is -3.73. The number of rotatable bonds is 4. The number of nitrogens with zero attached hydrogens (tertiary/aromatic N) is 2. The average molecular weight is 317 g/mol. The molecule has 5 nitrogen and oxygen atoms in total. The first-order valence-electron chi connectivity index (χ1n) is 6.14. The predicted octanol–water partition coefficient (Wildman–Crippen LogP) is 2.95. The van der Waals surface area contributed by atoms with Gasteiger partial charge in [0.2, 0.25) is 0 Å². The molecule has 0 saturated heterocycles. The second-order valence-corrected chi connectivity index (χ2v) is 7.36. The summed E-state index contributed by atoms with van der Waals surface area (Å²) >= 11 is 1.14. The summed E-state index contributed by atoms with van der Waals surface area (Å²) in [6.07, 6.45) is 1.75. The Morgan fingerprint density at radius 1 is 1.24 bits per heavy atom. The SMILES string of the molecule is N#CCN(c1cccc2cc[nH]c12)S(=O)(=O)c1cccs1. The van der Waals surface area contributed by atoms with E-state index in [1.165, 1.54) is 0 Å². The second-order valence-electron chi connectivity index (χ2n) is 4.32. The van der Waals surface area contributed by atoms with Gasteiger partial charge in [-0.05, 0) is 23.6 Å². The Morgan fingerprint density at radius 3 is 2.81 bits per heavy atom. The Bertz CT molecular complexity index is 905. The molecule has 1 N–H and O–H groups in total. The van der Waals surface area contributed by atoms with Crippen LogP contribution >= 0.6 is 11.3 Å². The zero-order valence-electron chi connectivity index (χ0n) is 10.9. The molecular weight excluding hydrogens is 306 g/mol. The minimum absolute atomic E-state index is 0.223. The zero-order chi connectivity index (χ0) is 14.9. The largest absolute Gasteiger partial charge is 0.359 e. The van der Waals surface area contributed by atoms with Crippen molar-refractivity contribution in [2.24, 2.45) is 0 Å². The molecule has 0 unspecified atom stereocenters. The number of para-hydroxylation sites is 1. The maximum Gasteiger partial charge on any atom is 0.274 e. The van der Waals surface area contributed by atoms with E-state index in [4.69, 9.17) is 5.26 Å². The number of nitriles is 1. The molecule has 21 heavy (non-hydrogen) atoms. The molecule has 2 heterocycles. The standard InChI is InChI=1S/C14H11N3O2S2/c15-7-9-17(21(18,19)13-5-2-10-20-13)12-4-1-3-11-6-8-16-14(11)12/h1-6,8,10,16H,9H2. The Labute approximate surface area is 126 Å². The van der Waals surface area contributed by atoms with Gasteiger partial charge in [-0.2, -0.15) is 5.26 Å². The number of sulfonamides is 1. The van der Waals surface area contributed by atoms with Crippen molar-refractivity contribution in [2.75, 3.05) is 10.8 Å². The molecule has 0 aliphatic carbocycles. The quantitative estimate of drug-likeness (QED) is 0.752. The summed E-state index contributed by atoms with van der Waals surface area (Å²) in [5, 5.41) is 11.6. The first-order chi connectivity index (χ1) is 10.1. The average Bonchev–Trinajstić information content (AvgIpc) is 3.14. The maximum absolute atomic E-state index is 12.7. The number of benzene rings is 1. The Morgan fingerprint density at radius 2 is 2.10 bits per heavy atom. The van der Waals surface area contributed by atoms with E-state index in [2.05, 4.69) is 4.98 Å². The number of H-pyrrole nitrogens is 1. The summed E-state index contributed by atoms with van der Waals surface area (Å²) in [4.78, 5) is 3.03. The molecule has 0 aliphatic heterocycles. The predicted molar refractivity (Wildman–Crippen MR) is 82.8 cm³/mol. The van der Waals surface area contributed by atoms with Crippen LogP contribution in [0.4, 0.5) is 5.69 Å². The highest BCUT2D eigenvalue weighted by Gasteiger charge is 2.27. The Kier molecular flexibility index (Phi) is 3.41. The lowest BCUT2D eigenvalue weighted by molar-refractivity contribution is 0.595. The van der Waals surface area contributed by atoms with Crippen molar-refractivity contribution in [2.45, 2.75) is 4.21 Å². The van der Waals surface area contributed by atoms with E-state index in [0.717, 1.165) is 21.0 Å². The van der Waals surface area contributed by atoms with Crippen LogP contribution in [0, 0.1) is 11.3 Å². The fourth-order valence-electron chi connectivity index (χ4n) is 2.16. The monoisotopic (exact) mass is 317 g/mol. The van der Waals surface area contributed by atoms with Crippen molar-refractivity contribution in [1.29, 1.82) is 5.26 Å². The fourth-order valence-corrected chi connectivity index (χ4v) is 4.64. The van der Waals surface area contributed by atoms with Gasteiger partial charge in [-0.3, -0.25) is 0 Å². The van der Waals surface area contributed by atoms with Crippen molar-refractivity contribution < 1.29 is 8.42 Å². The molecule has 0 saturated carbocycles. The van der Waals surface area contributed by atoms with Crippen molar-refractivity contribution in [3.05, 3.63) is 48.0 Å². The number of fused-ring (bicyclic) bond motifs is 1. The molecule has 7 heteroatoms. The number of anilines is 1. The van der Waals surface area contributed by atoms with Crippen LogP contribution in [0.25, 0.3) is 10.9 Å². The molecule has 0 atom stereocenters. The molecule has 0 bridgehead atoms. The molecule has 3 aromatic rings. The summed E-state index contributed by atoms with van der Waals surface area (Å²) in [5.74, 6) is 0. The first-order valence-corrected chi connectivity index (χ1v) is 8.46. The van der Waals surface area contributed by atoms with E-state index >= 15 is 0 Å². The Hall–Kier alpha value is -2.30. The lowest BCUT2D eigenvalue weighted by Gasteiger charge is -2.21. The van der Waals surface area contributed by atoms with Gasteiger partial charge in [0, 0.05) is 11.6 Å². The van der Waals surface area contributed by atoms with E-state index in [1.54, 1.807) is 35.8 Å². The third-order valence-electron chi connectivity index (χ3n) is 3.09. The summed E-state index contributed by atoms with van der Waals surface area (Å²) < 4.78 is 26.8. The number of nitrogens with one attached hydrogen (secondary N) is 1. The van der Waals surface area contributed by atoms with Crippen LogP contribution < -0.4 is 4.31 Å². The number of aromatic nitrogens is 1. The molecule has 3 rings (SSSR count). The molecule has 106 valence electrons. The molecule has 0 aliphatic rings. The molecule has 0 radical (unpaired) electrons. The van der Waals surface area contributed by atoms with Gasteiger partial charge in [0.15, 0.2) is 0 Å². The smallest absolute Gasteiger partial charge is 0.274 e. The third-order valence-corrected chi connectivity index (χ3v) is 6.22.